The van der Waals surface area contributed by atoms with Gasteiger partial charge in [-0.1, -0.05) is 34.6 Å². The summed E-state index contributed by atoms with van der Waals surface area (Å²) in [5.41, 5.74) is 0. The molecule has 0 saturated carbocycles. The highest BCUT2D eigenvalue weighted by atomic mass is 16.2. The summed E-state index contributed by atoms with van der Waals surface area (Å²) in [6, 6.07) is -0.623. The summed E-state index contributed by atoms with van der Waals surface area (Å²) in [6.07, 6.45) is 1.40. The van der Waals surface area contributed by atoms with Gasteiger partial charge in [0.1, 0.15) is 12.1 Å². The lowest BCUT2D eigenvalue weighted by Crippen LogP contribution is -2.63. The van der Waals surface area contributed by atoms with Gasteiger partial charge in [-0.15, -0.1) is 0 Å². The lowest BCUT2D eigenvalue weighted by Gasteiger charge is -2.40. The first kappa shape index (κ1) is 15.0. The van der Waals surface area contributed by atoms with Crippen molar-refractivity contribution in [3.05, 3.63) is 0 Å². The van der Waals surface area contributed by atoms with E-state index in [0.717, 1.165) is 6.42 Å². The zero-order chi connectivity index (χ0) is 13.9. The van der Waals surface area contributed by atoms with Crippen molar-refractivity contribution in [2.75, 3.05) is 6.54 Å². The molecule has 104 valence electrons. The van der Waals surface area contributed by atoms with Gasteiger partial charge in [0.25, 0.3) is 0 Å². The van der Waals surface area contributed by atoms with Crippen LogP contribution in [-0.2, 0) is 9.59 Å². The van der Waals surface area contributed by atoms with Crippen LogP contribution in [0.5, 0.6) is 0 Å². The van der Waals surface area contributed by atoms with Crippen molar-refractivity contribution in [1.29, 1.82) is 0 Å². The first-order valence-corrected chi connectivity index (χ1v) is 6.97. The van der Waals surface area contributed by atoms with E-state index < -0.39 is 0 Å². The van der Waals surface area contributed by atoms with E-state index in [1.54, 1.807) is 4.90 Å². The minimum absolute atomic E-state index is 0.00315. The summed E-state index contributed by atoms with van der Waals surface area (Å²) in [5, 5.41) is 2.87. The fourth-order valence-electron chi connectivity index (χ4n) is 2.47. The van der Waals surface area contributed by atoms with Crippen LogP contribution in [0.4, 0.5) is 0 Å². The first-order valence-electron chi connectivity index (χ1n) is 6.97. The maximum absolute atomic E-state index is 12.4. The molecule has 1 N–H and O–H groups in total. The molecule has 0 aromatic carbocycles. The quantitative estimate of drug-likeness (QED) is 0.813. The molecule has 2 amide bonds. The minimum Gasteiger partial charge on any atom is -0.342 e. The Morgan fingerprint density at radius 1 is 1.17 bits per heavy atom. The van der Waals surface area contributed by atoms with Crippen LogP contribution < -0.4 is 5.32 Å². The van der Waals surface area contributed by atoms with Crippen LogP contribution in [0.2, 0.25) is 0 Å². The van der Waals surface area contributed by atoms with Crippen molar-refractivity contribution in [2.24, 2.45) is 11.8 Å². The van der Waals surface area contributed by atoms with Gasteiger partial charge in [-0.05, 0) is 24.7 Å². The van der Waals surface area contributed by atoms with E-state index in [1.807, 2.05) is 6.92 Å². The predicted octanol–water partition coefficient (Wildman–Crippen LogP) is 1.79. The highest BCUT2D eigenvalue weighted by Crippen LogP contribution is 2.18. The van der Waals surface area contributed by atoms with E-state index in [-0.39, 0.29) is 23.9 Å². The number of nitrogens with one attached hydrogen (secondary N) is 1. The average molecular weight is 254 g/mol. The molecular formula is C14H26N2O2. The standard InChI is InChI=1S/C14H26N2O2/c1-6-12-13(17)15-11(7-9(2)3)14(18)16(12)8-10(4)5/h9-12H,6-8H2,1-5H3,(H,15,17). The van der Waals surface area contributed by atoms with Crippen LogP contribution in [0, 0.1) is 11.8 Å². The van der Waals surface area contributed by atoms with Crippen molar-refractivity contribution in [3.63, 3.8) is 0 Å². The number of amides is 2. The van der Waals surface area contributed by atoms with Gasteiger partial charge in [-0.2, -0.15) is 0 Å². The summed E-state index contributed by atoms with van der Waals surface area (Å²) in [4.78, 5) is 26.2. The lowest BCUT2D eigenvalue weighted by atomic mass is 9.97. The van der Waals surface area contributed by atoms with E-state index in [4.69, 9.17) is 0 Å². The monoisotopic (exact) mass is 254 g/mol. The lowest BCUT2D eigenvalue weighted by molar-refractivity contribution is -0.150. The Balaban J connectivity index is 2.86. The van der Waals surface area contributed by atoms with Gasteiger partial charge in [0.2, 0.25) is 11.8 Å². The molecule has 0 radical (unpaired) electrons. The summed E-state index contributed by atoms with van der Waals surface area (Å²) < 4.78 is 0. The van der Waals surface area contributed by atoms with Gasteiger partial charge in [0.15, 0.2) is 0 Å². The van der Waals surface area contributed by atoms with Gasteiger partial charge in [-0.25, -0.2) is 0 Å². The molecule has 0 bridgehead atoms. The maximum Gasteiger partial charge on any atom is 0.245 e. The first-order chi connectivity index (χ1) is 8.36. The smallest absolute Gasteiger partial charge is 0.245 e. The van der Waals surface area contributed by atoms with Gasteiger partial charge >= 0.3 is 0 Å². The summed E-state index contributed by atoms with van der Waals surface area (Å²) in [5.74, 6) is 0.874. The Bertz CT molecular complexity index is 313. The van der Waals surface area contributed by atoms with E-state index in [1.165, 1.54) is 0 Å². The molecule has 4 heteroatoms. The van der Waals surface area contributed by atoms with Crippen molar-refractivity contribution < 1.29 is 9.59 Å². The number of piperazine rings is 1. The van der Waals surface area contributed by atoms with Crippen LogP contribution in [0.25, 0.3) is 0 Å². The molecule has 1 heterocycles. The Labute approximate surface area is 110 Å². The molecule has 4 nitrogen and oxygen atoms in total. The molecule has 1 rings (SSSR count). The van der Waals surface area contributed by atoms with Crippen molar-refractivity contribution in [1.82, 2.24) is 10.2 Å². The van der Waals surface area contributed by atoms with Crippen LogP contribution >= 0.6 is 0 Å². The highest BCUT2D eigenvalue weighted by Gasteiger charge is 2.39. The van der Waals surface area contributed by atoms with Gasteiger partial charge in [-0.3, -0.25) is 9.59 Å². The molecule has 0 aromatic heterocycles. The molecule has 0 aliphatic carbocycles. The second-order valence-corrected chi connectivity index (χ2v) is 6.00. The summed E-state index contributed by atoms with van der Waals surface area (Å²) in [7, 11) is 0. The molecule has 2 atom stereocenters. The Kier molecular flexibility index (Phi) is 5.17. The normalized spacial score (nSPS) is 24.9. The number of carbonyl (C=O) groups is 2. The fraction of sp³-hybridized carbons (Fsp3) is 0.857. The van der Waals surface area contributed by atoms with Crippen molar-refractivity contribution in [3.8, 4) is 0 Å². The van der Waals surface area contributed by atoms with Crippen LogP contribution in [-0.4, -0.2) is 35.3 Å². The third-order valence-corrected chi connectivity index (χ3v) is 3.23. The number of rotatable bonds is 5. The molecule has 1 fully saturated rings. The number of hydrogen-bond acceptors (Lipinski definition) is 2. The van der Waals surface area contributed by atoms with E-state index in [9.17, 15) is 9.59 Å². The zero-order valence-electron chi connectivity index (χ0n) is 12.2. The SMILES string of the molecule is CCC1C(=O)NC(CC(C)C)C(=O)N1CC(C)C. The van der Waals surface area contributed by atoms with Gasteiger partial charge < -0.3 is 10.2 Å². The molecule has 2 unspecified atom stereocenters. The average Bonchev–Trinajstić information content (AvgIpc) is 2.24. The molecule has 0 aromatic rings. The molecule has 0 spiro atoms. The largest absolute Gasteiger partial charge is 0.342 e. The molecular weight excluding hydrogens is 228 g/mol. The van der Waals surface area contributed by atoms with Crippen molar-refractivity contribution >= 4 is 11.8 Å². The minimum atomic E-state index is -0.334. The van der Waals surface area contributed by atoms with Gasteiger partial charge in [0, 0.05) is 6.54 Å². The van der Waals surface area contributed by atoms with Crippen molar-refractivity contribution in [2.45, 2.75) is 59.5 Å². The second-order valence-electron chi connectivity index (χ2n) is 6.00. The zero-order valence-corrected chi connectivity index (χ0v) is 12.2. The molecule has 1 aliphatic rings. The predicted molar refractivity (Wildman–Crippen MR) is 72.0 cm³/mol. The van der Waals surface area contributed by atoms with Crippen LogP contribution in [0.15, 0.2) is 0 Å². The molecule has 1 aliphatic heterocycles. The Morgan fingerprint density at radius 3 is 2.22 bits per heavy atom. The number of hydrogen-bond donors (Lipinski definition) is 1. The van der Waals surface area contributed by atoms with Crippen LogP contribution in [0.1, 0.15) is 47.5 Å². The maximum atomic E-state index is 12.4. The third kappa shape index (κ3) is 3.47. The van der Waals surface area contributed by atoms with Gasteiger partial charge in [0.05, 0.1) is 0 Å². The van der Waals surface area contributed by atoms with E-state index in [0.29, 0.717) is 24.8 Å². The summed E-state index contributed by atoms with van der Waals surface area (Å²) >= 11 is 0. The van der Waals surface area contributed by atoms with E-state index in [2.05, 4.69) is 33.0 Å². The van der Waals surface area contributed by atoms with Crippen LogP contribution in [0.3, 0.4) is 0 Å². The molecule has 1 saturated heterocycles. The topological polar surface area (TPSA) is 49.4 Å². The third-order valence-electron chi connectivity index (χ3n) is 3.23. The highest BCUT2D eigenvalue weighted by molar-refractivity contribution is 5.96. The van der Waals surface area contributed by atoms with E-state index >= 15 is 0 Å². The Hall–Kier alpha value is -1.06. The summed E-state index contributed by atoms with van der Waals surface area (Å²) in [6.45, 7) is 10.9. The number of carbonyl (C=O) groups excluding carboxylic acids is 2. The fourth-order valence-corrected chi connectivity index (χ4v) is 2.47. The number of nitrogens with zero attached hydrogens (tertiary/aromatic N) is 1. The molecule has 18 heavy (non-hydrogen) atoms. The second kappa shape index (κ2) is 6.21. The Morgan fingerprint density at radius 2 is 1.78 bits per heavy atom.